The van der Waals surface area contributed by atoms with Gasteiger partial charge in [-0.25, -0.2) is 4.79 Å². The largest absolute Gasteiger partial charge is 0.444 e. The normalized spacial score (nSPS) is 15.8. The summed E-state index contributed by atoms with van der Waals surface area (Å²) in [5.74, 6) is 0.815. The van der Waals surface area contributed by atoms with Crippen molar-refractivity contribution >= 4 is 47.4 Å². The second-order valence-corrected chi connectivity index (χ2v) is 8.69. The number of hydrogen-bond donors (Lipinski definition) is 2. The molecule has 0 aliphatic carbocycles. The smallest absolute Gasteiger partial charge is 0.410 e. The van der Waals surface area contributed by atoms with E-state index in [0.29, 0.717) is 13.1 Å². The van der Waals surface area contributed by atoms with Crippen molar-refractivity contribution in [2.45, 2.75) is 39.8 Å². The van der Waals surface area contributed by atoms with Crippen LogP contribution < -0.4 is 10.6 Å². The van der Waals surface area contributed by atoms with Crippen LogP contribution in [0.1, 0.15) is 31.2 Å². The highest BCUT2D eigenvalue weighted by Gasteiger charge is 2.25. The van der Waals surface area contributed by atoms with Crippen molar-refractivity contribution in [3.8, 4) is 0 Å². The first-order chi connectivity index (χ1) is 12.8. The van der Waals surface area contributed by atoms with Crippen LogP contribution in [-0.2, 0) is 11.3 Å². The molecule has 7 nitrogen and oxygen atoms in total. The maximum absolute atomic E-state index is 12.1. The zero-order valence-electron chi connectivity index (χ0n) is 17.6. The first kappa shape index (κ1) is 25.0. The highest BCUT2D eigenvalue weighted by Crippen LogP contribution is 2.14. The number of nitrogens with zero attached hydrogens (tertiary/aromatic N) is 3. The second kappa shape index (κ2) is 11.8. The number of aliphatic imine (C=N–C) groups is 1. The zero-order chi connectivity index (χ0) is 19.9. The predicted molar refractivity (Wildman–Crippen MR) is 127 cm³/mol. The van der Waals surface area contributed by atoms with Crippen LogP contribution in [0.4, 0.5) is 4.79 Å². The van der Waals surface area contributed by atoms with Gasteiger partial charge in [0, 0.05) is 51.2 Å². The van der Waals surface area contributed by atoms with Gasteiger partial charge in [0.25, 0.3) is 0 Å². The highest BCUT2D eigenvalue weighted by molar-refractivity contribution is 14.0. The molecule has 0 bridgehead atoms. The second-order valence-electron chi connectivity index (χ2n) is 7.69. The monoisotopic (exact) mass is 523 g/mol. The Balaban J connectivity index is 0.00000392. The number of aryl methyl sites for hydroxylation is 1. The van der Waals surface area contributed by atoms with Crippen molar-refractivity contribution in [2.75, 3.05) is 46.3 Å². The Labute approximate surface area is 189 Å². The van der Waals surface area contributed by atoms with Crippen molar-refractivity contribution in [1.82, 2.24) is 20.4 Å². The molecule has 1 aromatic rings. The van der Waals surface area contributed by atoms with E-state index in [4.69, 9.17) is 4.74 Å². The van der Waals surface area contributed by atoms with Gasteiger partial charge in [-0.15, -0.1) is 35.3 Å². The summed E-state index contributed by atoms with van der Waals surface area (Å²) >= 11 is 1.76. The molecule has 28 heavy (non-hydrogen) atoms. The summed E-state index contributed by atoms with van der Waals surface area (Å²) in [4.78, 5) is 21.9. The van der Waals surface area contributed by atoms with E-state index in [1.807, 2.05) is 20.8 Å². The summed E-state index contributed by atoms with van der Waals surface area (Å²) in [6.07, 6.45) is -0.214. The van der Waals surface area contributed by atoms with Gasteiger partial charge in [0.15, 0.2) is 5.96 Å². The van der Waals surface area contributed by atoms with Crippen molar-refractivity contribution in [2.24, 2.45) is 4.99 Å². The average molecular weight is 523 g/mol. The molecule has 1 saturated heterocycles. The third-order valence-corrected chi connectivity index (χ3v) is 5.38. The fourth-order valence-corrected chi connectivity index (χ4v) is 3.63. The fourth-order valence-electron chi connectivity index (χ4n) is 2.78. The quantitative estimate of drug-likeness (QED) is 0.353. The number of halogens is 1. The van der Waals surface area contributed by atoms with Crippen LogP contribution in [0.2, 0.25) is 0 Å². The Hall–Kier alpha value is -1.07. The van der Waals surface area contributed by atoms with E-state index in [1.165, 1.54) is 10.4 Å². The topological polar surface area (TPSA) is 69.2 Å². The Kier molecular flexibility index (Phi) is 10.5. The number of nitrogens with one attached hydrogen (secondary N) is 2. The van der Waals surface area contributed by atoms with Gasteiger partial charge in [0.05, 0.1) is 6.54 Å². The lowest BCUT2D eigenvalue weighted by Gasteiger charge is -2.35. The summed E-state index contributed by atoms with van der Waals surface area (Å²) in [7, 11) is 1.79. The molecule has 2 heterocycles. The maximum atomic E-state index is 12.1. The van der Waals surface area contributed by atoms with E-state index in [-0.39, 0.29) is 30.1 Å². The third-order valence-electron chi connectivity index (χ3n) is 4.35. The predicted octanol–water partition coefficient (Wildman–Crippen LogP) is 2.89. The van der Waals surface area contributed by atoms with Crippen LogP contribution in [0.15, 0.2) is 16.4 Å². The summed E-state index contributed by atoms with van der Waals surface area (Å²) in [5, 5.41) is 8.83. The lowest BCUT2D eigenvalue weighted by molar-refractivity contribution is 0.0147. The number of amides is 1. The van der Waals surface area contributed by atoms with Gasteiger partial charge >= 0.3 is 6.09 Å². The molecule has 0 spiro atoms. The molecule has 0 radical (unpaired) electrons. The molecule has 1 aliphatic heterocycles. The van der Waals surface area contributed by atoms with Gasteiger partial charge < -0.3 is 20.3 Å². The van der Waals surface area contributed by atoms with E-state index in [0.717, 1.165) is 38.7 Å². The molecule has 0 saturated carbocycles. The minimum Gasteiger partial charge on any atom is -0.444 e. The van der Waals surface area contributed by atoms with Gasteiger partial charge in [-0.1, -0.05) is 0 Å². The minimum atomic E-state index is -0.442. The van der Waals surface area contributed by atoms with E-state index in [1.54, 1.807) is 23.3 Å². The van der Waals surface area contributed by atoms with Gasteiger partial charge in [-0.3, -0.25) is 9.89 Å². The maximum Gasteiger partial charge on any atom is 0.410 e. The first-order valence-electron chi connectivity index (χ1n) is 9.46. The Bertz CT molecular complexity index is 637. The third kappa shape index (κ3) is 8.52. The molecular weight excluding hydrogens is 489 g/mol. The number of hydrogen-bond acceptors (Lipinski definition) is 5. The first-order valence-corrected chi connectivity index (χ1v) is 10.3. The molecule has 160 valence electrons. The lowest BCUT2D eigenvalue weighted by Crippen LogP contribution is -2.51. The number of piperazine rings is 1. The molecule has 1 aromatic heterocycles. The Morgan fingerprint density at radius 1 is 1.25 bits per heavy atom. The Morgan fingerprint density at radius 2 is 1.93 bits per heavy atom. The number of guanidine groups is 1. The molecule has 1 amide bonds. The van der Waals surface area contributed by atoms with Crippen LogP contribution >= 0.6 is 35.3 Å². The average Bonchev–Trinajstić information content (AvgIpc) is 3.02. The van der Waals surface area contributed by atoms with Crippen molar-refractivity contribution < 1.29 is 9.53 Å². The van der Waals surface area contributed by atoms with Crippen LogP contribution in [0.25, 0.3) is 0 Å². The summed E-state index contributed by atoms with van der Waals surface area (Å²) < 4.78 is 5.44. The van der Waals surface area contributed by atoms with Crippen molar-refractivity contribution in [3.05, 3.63) is 21.9 Å². The molecule has 1 fully saturated rings. The molecule has 0 atom stereocenters. The van der Waals surface area contributed by atoms with Gasteiger partial charge in [-0.2, -0.15) is 0 Å². The fraction of sp³-hybridized carbons (Fsp3) is 0.684. The summed E-state index contributed by atoms with van der Waals surface area (Å²) in [6, 6.07) is 2.13. The molecular formula is C19H34IN5O2S. The van der Waals surface area contributed by atoms with Crippen LogP contribution in [0, 0.1) is 6.92 Å². The molecule has 0 unspecified atom stereocenters. The zero-order valence-corrected chi connectivity index (χ0v) is 20.7. The minimum absolute atomic E-state index is 0. The van der Waals surface area contributed by atoms with E-state index in [2.05, 4.69) is 38.9 Å². The van der Waals surface area contributed by atoms with Gasteiger partial charge in [0.1, 0.15) is 5.60 Å². The number of carbonyl (C=O) groups excluding carboxylic acids is 1. The lowest BCUT2D eigenvalue weighted by atomic mass is 10.2. The molecule has 2 N–H and O–H groups in total. The highest BCUT2D eigenvalue weighted by atomic mass is 127. The van der Waals surface area contributed by atoms with Crippen LogP contribution in [0.3, 0.4) is 0 Å². The van der Waals surface area contributed by atoms with Gasteiger partial charge in [0.2, 0.25) is 0 Å². The summed E-state index contributed by atoms with van der Waals surface area (Å²) in [6.45, 7) is 13.5. The number of carbonyl (C=O) groups is 1. The van der Waals surface area contributed by atoms with E-state index < -0.39 is 5.60 Å². The number of thiophene rings is 1. The van der Waals surface area contributed by atoms with E-state index in [9.17, 15) is 4.79 Å². The number of ether oxygens (including phenoxy) is 1. The molecule has 9 heteroatoms. The molecule has 2 rings (SSSR count). The van der Waals surface area contributed by atoms with Crippen molar-refractivity contribution in [1.29, 1.82) is 0 Å². The Morgan fingerprint density at radius 3 is 2.46 bits per heavy atom. The standard InChI is InChI=1S/C19H33N5O2S.HI/c1-15-6-13-27-16(15)14-22-17(20-5)21-7-8-23-9-11-24(12-10-23)18(25)26-19(2,3)4;/h6,13H,7-12,14H2,1-5H3,(H2,20,21,22);1H. The molecule has 0 aromatic carbocycles. The SMILES string of the molecule is CN=C(NCCN1CCN(C(=O)OC(C)(C)C)CC1)NCc1sccc1C.I. The van der Waals surface area contributed by atoms with Crippen LogP contribution in [-0.4, -0.2) is 73.8 Å². The molecule has 1 aliphatic rings. The van der Waals surface area contributed by atoms with E-state index >= 15 is 0 Å². The summed E-state index contributed by atoms with van der Waals surface area (Å²) in [5.41, 5.74) is 0.869. The van der Waals surface area contributed by atoms with Gasteiger partial charge in [-0.05, 0) is 44.7 Å². The van der Waals surface area contributed by atoms with Crippen LogP contribution in [0.5, 0.6) is 0 Å². The van der Waals surface area contributed by atoms with Crippen molar-refractivity contribution in [3.63, 3.8) is 0 Å². The number of rotatable bonds is 5.